The Morgan fingerprint density at radius 2 is 2.50 bits per heavy atom. The molecule has 8 heavy (non-hydrogen) atoms. The number of carbonyl (C=O) groups excluding carboxylic acids is 2. The predicted molar refractivity (Wildman–Crippen MR) is 25.7 cm³/mol. The molecule has 45 valence electrons. The molecule has 0 spiro atoms. The molecular formula is C4H6NO3. The van der Waals surface area contributed by atoms with Crippen LogP contribution in [0.15, 0.2) is 0 Å². The van der Waals surface area contributed by atoms with E-state index in [-0.39, 0.29) is 6.54 Å². The van der Waals surface area contributed by atoms with Crippen LogP contribution in [0, 0.1) is 0 Å². The minimum absolute atomic E-state index is 0.111. The van der Waals surface area contributed by atoms with E-state index in [4.69, 9.17) is 0 Å². The first-order chi connectivity index (χ1) is 3.81. The number of hydrogen-bond acceptors (Lipinski definition) is 3. The molecule has 1 amide bonds. The maximum Gasteiger partial charge on any atom is 0.325 e. The number of hydrogen-bond donors (Lipinski definition) is 1. The van der Waals surface area contributed by atoms with Gasteiger partial charge in [0.25, 0.3) is 0 Å². The first kappa shape index (κ1) is 6.94. The fourth-order valence-corrected chi connectivity index (χ4v) is 0.180. The average molecular weight is 116 g/mol. The van der Waals surface area contributed by atoms with Crippen molar-refractivity contribution in [2.45, 2.75) is 0 Å². The third-order valence-electron chi connectivity index (χ3n) is 0.533. The second-order valence-electron chi connectivity index (χ2n) is 1.03. The van der Waals surface area contributed by atoms with Crippen LogP contribution in [0.25, 0.3) is 0 Å². The Balaban J connectivity index is 3.11. The second-order valence-corrected chi connectivity index (χ2v) is 1.03. The van der Waals surface area contributed by atoms with Gasteiger partial charge in [0.2, 0.25) is 0 Å². The van der Waals surface area contributed by atoms with Crippen molar-refractivity contribution in [3.63, 3.8) is 0 Å². The van der Waals surface area contributed by atoms with E-state index in [9.17, 15) is 9.59 Å². The fourth-order valence-electron chi connectivity index (χ4n) is 0.180. The normalized spacial score (nSPS) is 7.62. The standard InChI is InChI=1S/C4H6NO3/c1-8-4(7)2-5-3-6/h2H2,1H3,(H,5,6). The SMILES string of the molecule is COC(=O)CN[C]=O. The molecule has 4 heteroatoms. The average Bonchev–Trinajstić information content (AvgIpc) is 1.83. The van der Waals surface area contributed by atoms with Gasteiger partial charge in [-0.1, -0.05) is 0 Å². The van der Waals surface area contributed by atoms with Gasteiger partial charge in [-0.3, -0.25) is 9.59 Å². The Labute approximate surface area is 46.8 Å². The van der Waals surface area contributed by atoms with Crippen molar-refractivity contribution >= 4 is 12.4 Å². The summed E-state index contributed by atoms with van der Waals surface area (Å²) in [5.41, 5.74) is 0. The van der Waals surface area contributed by atoms with Crippen LogP contribution in [0.1, 0.15) is 0 Å². The van der Waals surface area contributed by atoms with E-state index in [0.717, 1.165) is 0 Å². The van der Waals surface area contributed by atoms with E-state index < -0.39 is 5.97 Å². The summed E-state index contributed by atoms with van der Waals surface area (Å²) in [5, 5.41) is 2.02. The molecule has 1 N–H and O–H groups in total. The van der Waals surface area contributed by atoms with Crippen LogP contribution in [0.5, 0.6) is 0 Å². The van der Waals surface area contributed by atoms with Crippen molar-refractivity contribution in [1.82, 2.24) is 5.32 Å². The molecule has 1 radical (unpaired) electrons. The Bertz CT molecular complexity index is 91.3. The first-order valence-electron chi connectivity index (χ1n) is 1.98. The van der Waals surface area contributed by atoms with Gasteiger partial charge < -0.3 is 10.1 Å². The van der Waals surface area contributed by atoms with Crippen molar-refractivity contribution in [2.75, 3.05) is 13.7 Å². The van der Waals surface area contributed by atoms with Crippen molar-refractivity contribution in [3.8, 4) is 0 Å². The number of amides is 1. The zero-order valence-electron chi connectivity index (χ0n) is 4.43. The van der Waals surface area contributed by atoms with Crippen LogP contribution in [-0.4, -0.2) is 26.0 Å². The summed E-state index contributed by atoms with van der Waals surface area (Å²) >= 11 is 0. The maximum absolute atomic E-state index is 10.1. The van der Waals surface area contributed by atoms with Crippen LogP contribution < -0.4 is 5.32 Å². The second kappa shape index (κ2) is 4.11. The smallest absolute Gasteiger partial charge is 0.325 e. The molecule has 4 nitrogen and oxygen atoms in total. The van der Waals surface area contributed by atoms with Crippen molar-refractivity contribution in [3.05, 3.63) is 0 Å². The molecule has 0 bridgehead atoms. The predicted octanol–water partition coefficient (Wildman–Crippen LogP) is -1.18. The monoisotopic (exact) mass is 116 g/mol. The van der Waals surface area contributed by atoms with E-state index in [2.05, 4.69) is 4.74 Å². The van der Waals surface area contributed by atoms with Gasteiger partial charge in [0.05, 0.1) is 7.11 Å². The molecule has 0 aliphatic carbocycles. The molecule has 0 aliphatic rings. The van der Waals surface area contributed by atoms with Gasteiger partial charge >= 0.3 is 12.4 Å². The van der Waals surface area contributed by atoms with Gasteiger partial charge in [0.15, 0.2) is 0 Å². The number of rotatable bonds is 3. The minimum atomic E-state index is -0.478. The maximum atomic E-state index is 10.1. The molecule has 0 aliphatic heterocycles. The Morgan fingerprint density at radius 1 is 1.88 bits per heavy atom. The highest BCUT2D eigenvalue weighted by Crippen LogP contribution is 1.65. The molecule has 0 aromatic carbocycles. The van der Waals surface area contributed by atoms with Gasteiger partial charge in [0, 0.05) is 0 Å². The Morgan fingerprint density at radius 3 is 2.88 bits per heavy atom. The lowest BCUT2D eigenvalue weighted by molar-refractivity contribution is -0.139. The van der Waals surface area contributed by atoms with Crippen molar-refractivity contribution < 1.29 is 14.3 Å². The van der Waals surface area contributed by atoms with Gasteiger partial charge in [0.1, 0.15) is 6.54 Å². The van der Waals surface area contributed by atoms with Crippen LogP contribution in [0.4, 0.5) is 0 Å². The molecule has 0 saturated carbocycles. The fraction of sp³-hybridized carbons (Fsp3) is 0.500. The zero-order chi connectivity index (χ0) is 6.41. The van der Waals surface area contributed by atoms with Crippen molar-refractivity contribution in [1.29, 1.82) is 0 Å². The van der Waals surface area contributed by atoms with Crippen LogP contribution >= 0.6 is 0 Å². The lowest BCUT2D eigenvalue weighted by Crippen LogP contribution is -2.21. The third-order valence-corrected chi connectivity index (χ3v) is 0.533. The number of ether oxygens (including phenoxy) is 1. The van der Waals surface area contributed by atoms with Gasteiger partial charge in [-0.05, 0) is 0 Å². The highest BCUT2D eigenvalue weighted by atomic mass is 16.5. The van der Waals surface area contributed by atoms with Gasteiger partial charge in [-0.15, -0.1) is 0 Å². The highest BCUT2D eigenvalue weighted by molar-refractivity contribution is 5.73. The van der Waals surface area contributed by atoms with E-state index >= 15 is 0 Å². The summed E-state index contributed by atoms with van der Waals surface area (Å²) < 4.78 is 4.17. The summed E-state index contributed by atoms with van der Waals surface area (Å²) in [7, 11) is 1.24. The summed E-state index contributed by atoms with van der Waals surface area (Å²) in [5.74, 6) is -0.478. The number of nitrogens with one attached hydrogen (secondary N) is 1. The van der Waals surface area contributed by atoms with Gasteiger partial charge in [-0.2, -0.15) is 0 Å². The van der Waals surface area contributed by atoms with Crippen molar-refractivity contribution in [2.24, 2.45) is 0 Å². The highest BCUT2D eigenvalue weighted by Gasteiger charge is 1.94. The van der Waals surface area contributed by atoms with E-state index in [1.165, 1.54) is 13.5 Å². The topological polar surface area (TPSA) is 55.4 Å². The lowest BCUT2D eigenvalue weighted by atomic mass is 10.7. The van der Waals surface area contributed by atoms with E-state index in [0.29, 0.717) is 0 Å². The molecule has 0 fully saturated rings. The summed E-state index contributed by atoms with van der Waals surface area (Å²) in [6.45, 7) is -0.111. The Hall–Kier alpha value is -1.06. The molecule has 0 unspecified atom stereocenters. The zero-order valence-corrected chi connectivity index (χ0v) is 4.43. The molecule has 0 atom stereocenters. The minimum Gasteiger partial charge on any atom is -0.468 e. The lowest BCUT2D eigenvalue weighted by Gasteiger charge is -1.92. The van der Waals surface area contributed by atoms with E-state index in [1.807, 2.05) is 5.32 Å². The molecule has 0 rings (SSSR count). The molecule has 0 heterocycles. The molecule has 0 aromatic rings. The largest absolute Gasteiger partial charge is 0.468 e. The van der Waals surface area contributed by atoms with Gasteiger partial charge in [-0.25, -0.2) is 0 Å². The summed E-state index contributed by atoms with van der Waals surface area (Å²) in [6.07, 6.45) is 1.33. The quantitative estimate of drug-likeness (QED) is 0.373. The molecular weight excluding hydrogens is 110 g/mol. The number of methoxy groups -OCH3 is 1. The summed E-state index contributed by atoms with van der Waals surface area (Å²) in [4.78, 5) is 19.5. The number of carbonyl (C=O) groups is 1. The molecule has 0 saturated heterocycles. The third kappa shape index (κ3) is 3.14. The first-order valence-corrected chi connectivity index (χ1v) is 1.98. The number of esters is 1. The van der Waals surface area contributed by atoms with Crippen LogP contribution in [-0.2, 0) is 14.3 Å². The van der Waals surface area contributed by atoms with Crippen LogP contribution in [0.2, 0.25) is 0 Å². The summed E-state index contributed by atoms with van der Waals surface area (Å²) in [6, 6.07) is 0. The van der Waals surface area contributed by atoms with Crippen LogP contribution in [0.3, 0.4) is 0 Å². The van der Waals surface area contributed by atoms with E-state index in [1.54, 1.807) is 0 Å². The molecule has 0 aromatic heterocycles. The Kier molecular flexibility index (Phi) is 3.56.